The Labute approximate surface area is 118 Å². The van der Waals surface area contributed by atoms with Crippen LogP contribution in [-0.4, -0.2) is 60.6 Å². The lowest BCUT2D eigenvalue weighted by atomic mass is 10.1. The summed E-state index contributed by atoms with van der Waals surface area (Å²) in [4.78, 5) is 35.2. The van der Waals surface area contributed by atoms with Crippen molar-refractivity contribution >= 4 is 17.9 Å². The Balaban J connectivity index is 4.18. The molecule has 0 saturated carbocycles. The number of hydrogen-bond donors (Lipinski definition) is 4. The minimum absolute atomic E-state index is 0.0236. The van der Waals surface area contributed by atoms with Crippen LogP contribution >= 0.6 is 0 Å². The highest BCUT2D eigenvalue weighted by Crippen LogP contribution is 1.98. The van der Waals surface area contributed by atoms with E-state index in [0.29, 0.717) is 0 Å². The minimum Gasteiger partial charge on any atom is -0.480 e. The Morgan fingerprint density at radius 2 is 1.80 bits per heavy atom. The third-order valence-corrected chi connectivity index (χ3v) is 2.67. The first-order chi connectivity index (χ1) is 9.22. The number of rotatable bonds is 9. The largest absolute Gasteiger partial charge is 0.480 e. The maximum atomic E-state index is 11.6. The Kier molecular flexibility index (Phi) is 8.30. The molecule has 2 atom stereocenters. The molecular formula is C12H24N4O4. The van der Waals surface area contributed by atoms with Crippen molar-refractivity contribution in [3.05, 3.63) is 0 Å². The van der Waals surface area contributed by atoms with Gasteiger partial charge >= 0.3 is 12.0 Å². The van der Waals surface area contributed by atoms with Gasteiger partial charge in [0.15, 0.2) is 0 Å². The minimum atomic E-state index is -1.19. The molecule has 116 valence electrons. The van der Waals surface area contributed by atoms with Crippen LogP contribution in [0, 0.1) is 0 Å². The van der Waals surface area contributed by atoms with Gasteiger partial charge in [-0.3, -0.25) is 4.79 Å². The average molecular weight is 288 g/mol. The van der Waals surface area contributed by atoms with Crippen LogP contribution in [0.3, 0.4) is 0 Å². The van der Waals surface area contributed by atoms with E-state index in [2.05, 4.69) is 10.6 Å². The number of carboxylic acid groups (broad SMARTS) is 1. The van der Waals surface area contributed by atoms with Gasteiger partial charge in [0.25, 0.3) is 0 Å². The summed E-state index contributed by atoms with van der Waals surface area (Å²) < 4.78 is 0. The van der Waals surface area contributed by atoms with E-state index in [1.807, 2.05) is 25.9 Å². The maximum Gasteiger partial charge on any atom is 0.326 e. The number of hydrogen-bond acceptors (Lipinski definition) is 4. The number of aliphatic carboxylic acids is 1. The topological polar surface area (TPSA) is 125 Å². The number of carbonyl (C=O) groups is 3. The molecule has 0 aliphatic heterocycles. The second-order valence-corrected chi connectivity index (χ2v) is 5.01. The first kappa shape index (κ1) is 18.2. The second-order valence-electron chi connectivity index (χ2n) is 5.01. The zero-order valence-electron chi connectivity index (χ0n) is 12.2. The molecule has 0 aromatic rings. The van der Waals surface area contributed by atoms with Crippen LogP contribution in [0.15, 0.2) is 0 Å². The Bertz CT molecular complexity index is 346. The smallest absolute Gasteiger partial charge is 0.326 e. The Morgan fingerprint density at radius 3 is 2.25 bits per heavy atom. The van der Waals surface area contributed by atoms with Crippen molar-refractivity contribution < 1.29 is 19.5 Å². The van der Waals surface area contributed by atoms with Crippen LogP contribution in [-0.2, 0) is 9.59 Å². The van der Waals surface area contributed by atoms with Gasteiger partial charge in [-0.2, -0.15) is 0 Å². The van der Waals surface area contributed by atoms with Gasteiger partial charge < -0.3 is 26.4 Å². The molecule has 3 amide bonds. The SMILES string of the molecule is CC(CCN(C)C)NC(=O)N[C@@H](CCC(N)=O)C(=O)O. The van der Waals surface area contributed by atoms with Crippen LogP contribution in [0.1, 0.15) is 26.2 Å². The predicted molar refractivity (Wildman–Crippen MR) is 74.2 cm³/mol. The Hall–Kier alpha value is -1.83. The highest BCUT2D eigenvalue weighted by atomic mass is 16.4. The van der Waals surface area contributed by atoms with Crippen LogP contribution in [0.5, 0.6) is 0 Å². The number of nitrogens with one attached hydrogen (secondary N) is 2. The summed E-state index contributed by atoms with van der Waals surface area (Å²) in [6.07, 6.45) is 0.636. The van der Waals surface area contributed by atoms with Crippen molar-refractivity contribution in [2.24, 2.45) is 5.73 Å². The van der Waals surface area contributed by atoms with E-state index in [1.165, 1.54) is 0 Å². The molecule has 0 heterocycles. The van der Waals surface area contributed by atoms with Gasteiger partial charge in [0.05, 0.1) is 0 Å². The van der Waals surface area contributed by atoms with Crippen molar-refractivity contribution in [2.45, 2.75) is 38.3 Å². The molecule has 0 rings (SSSR count). The van der Waals surface area contributed by atoms with Gasteiger partial charge in [-0.25, -0.2) is 9.59 Å². The molecule has 0 bridgehead atoms. The molecule has 0 aliphatic rings. The van der Waals surface area contributed by atoms with Gasteiger partial charge in [0.2, 0.25) is 5.91 Å². The molecule has 0 aliphatic carbocycles. The van der Waals surface area contributed by atoms with E-state index >= 15 is 0 Å². The van der Waals surface area contributed by atoms with Crippen molar-refractivity contribution in [1.82, 2.24) is 15.5 Å². The standard InChI is InChI=1S/C12H24N4O4/c1-8(6-7-16(2)3)14-12(20)15-9(11(18)19)4-5-10(13)17/h8-9H,4-7H2,1-3H3,(H2,13,17)(H,18,19)(H2,14,15,20)/t8?,9-/m0/s1. The second kappa shape index (κ2) is 9.13. The van der Waals surface area contributed by atoms with Crippen LogP contribution < -0.4 is 16.4 Å². The van der Waals surface area contributed by atoms with Crippen LogP contribution in [0.4, 0.5) is 4.79 Å². The number of amides is 3. The molecule has 5 N–H and O–H groups in total. The van der Waals surface area contributed by atoms with Gasteiger partial charge in [-0.15, -0.1) is 0 Å². The molecule has 20 heavy (non-hydrogen) atoms. The summed E-state index contributed by atoms with van der Waals surface area (Å²) in [6, 6.07) is -1.76. The summed E-state index contributed by atoms with van der Waals surface area (Å²) in [5.74, 6) is -1.79. The molecule has 0 saturated heterocycles. The van der Waals surface area contributed by atoms with Crippen LogP contribution in [0.2, 0.25) is 0 Å². The summed E-state index contributed by atoms with van der Waals surface area (Å²) in [5.41, 5.74) is 4.96. The molecule has 8 nitrogen and oxygen atoms in total. The van der Waals surface area contributed by atoms with Gasteiger partial charge in [-0.05, 0) is 40.4 Å². The summed E-state index contributed by atoms with van der Waals surface area (Å²) in [5, 5.41) is 13.9. The summed E-state index contributed by atoms with van der Waals surface area (Å²) in [6.45, 7) is 2.65. The van der Waals surface area contributed by atoms with E-state index in [4.69, 9.17) is 10.8 Å². The first-order valence-electron chi connectivity index (χ1n) is 6.45. The summed E-state index contributed by atoms with van der Waals surface area (Å²) in [7, 11) is 3.86. The normalized spacial score (nSPS) is 13.6. The molecular weight excluding hydrogens is 264 g/mol. The van der Waals surface area contributed by atoms with E-state index in [1.54, 1.807) is 0 Å². The molecule has 8 heteroatoms. The fourth-order valence-corrected chi connectivity index (χ4v) is 1.49. The highest BCUT2D eigenvalue weighted by Gasteiger charge is 2.21. The van der Waals surface area contributed by atoms with E-state index in [9.17, 15) is 14.4 Å². The summed E-state index contributed by atoms with van der Waals surface area (Å²) >= 11 is 0. The molecule has 1 unspecified atom stereocenters. The van der Waals surface area contributed by atoms with Gasteiger partial charge in [-0.1, -0.05) is 0 Å². The van der Waals surface area contributed by atoms with E-state index in [0.717, 1.165) is 13.0 Å². The fraction of sp³-hybridized carbons (Fsp3) is 0.750. The molecule has 0 aromatic heterocycles. The van der Waals surface area contributed by atoms with Gasteiger partial charge in [0.1, 0.15) is 6.04 Å². The number of nitrogens with two attached hydrogens (primary N) is 1. The Morgan fingerprint density at radius 1 is 1.20 bits per heavy atom. The molecule has 0 radical (unpaired) electrons. The van der Waals surface area contributed by atoms with Crippen molar-refractivity contribution in [3.8, 4) is 0 Å². The average Bonchev–Trinajstić information content (AvgIpc) is 2.31. The fourth-order valence-electron chi connectivity index (χ4n) is 1.49. The predicted octanol–water partition coefficient (Wildman–Crippen LogP) is -0.655. The number of urea groups is 1. The number of carbonyl (C=O) groups excluding carboxylic acids is 2. The number of primary amides is 1. The first-order valence-corrected chi connectivity index (χ1v) is 6.45. The quantitative estimate of drug-likeness (QED) is 0.448. The third-order valence-electron chi connectivity index (χ3n) is 2.67. The lowest BCUT2D eigenvalue weighted by molar-refractivity contribution is -0.139. The van der Waals surface area contributed by atoms with Gasteiger partial charge in [0, 0.05) is 12.5 Å². The van der Waals surface area contributed by atoms with E-state index in [-0.39, 0.29) is 18.9 Å². The van der Waals surface area contributed by atoms with Crippen molar-refractivity contribution in [2.75, 3.05) is 20.6 Å². The molecule has 0 spiro atoms. The third kappa shape index (κ3) is 9.15. The lowest BCUT2D eigenvalue weighted by Crippen LogP contribution is -2.49. The zero-order chi connectivity index (χ0) is 15.7. The van der Waals surface area contributed by atoms with Crippen molar-refractivity contribution in [3.63, 3.8) is 0 Å². The number of nitrogens with zero attached hydrogens (tertiary/aromatic N) is 1. The monoisotopic (exact) mass is 288 g/mol. The number of carboxylic acids is 1. The molecule has 0 fully saturated rings. The highest BCUT2D eigenvalue weighted by molar-refractivity contribution is 5.83. The molecule has 0 aromatic carbocycles. The van der Waals surface area contributed by atoms with Crippen molar-refractivity contribution in [1.29, 1.82) is 0 Å². The maximum absolute atomic E-state index is 11.6. The van der Waals surface area contributed by atoms with Crippen LogP contribution in [0.25, 0.3) is 0 Å². The lowest BCUT2D eigenvalue weighted by Gasteiger charge is -2.19. The zero-order valence-corrected chi connectivity index (χ0v) is 12.2. The van der Waals surface area contributed by atoms with E-state index < -0.39 is 23.9 Å².